The molecule has 1 aromatic carbocycles. The van der Waals surface area contributed by atoms with Gasteiger partial charge in [0.25, 0.3) is 5.56 Å². The highest BCUT2D eigenvalue weighted by Gasteiger charge is 2.24. The molecule has 1 saturated carbocycles. The first-order chi connectivity index (χ1) is 13.1. The lowest BCUT2D eigenvalue weighted by atomic mass is 9.88. The Kier molecular flexibility index (Phi) is 5.25. The standard InChI is InChI=1S/C21H26FN3O2/c1-27-19-11-14(7-8-17(19)22)12-25-10-9-18-16(13-25)21(26)24-20(23-18)15-5-3-2-4-6-15/h7-8,11,15H,2-6,9-10,12-13H2,1H3,(H,23,24,26). The van der Waals surface area contributed by atoms with Crippen molar-refractivity contribution in [3.63, 3.8) is 0 Å². The first kappa shape index (κ1) is 18.2. The molecule has 2 heterocycles. The van der Waals surface area contributed by atoms with E-state index in [0.29, 0.717) is 19.0 Å². The van der Waals surface area contributed by atoms with E-state index in [1.165, 1.54) is 32.4 Å². The van der Waals surface area contributed by atoms with E-state index < -0.39 is 0 Å². The van der Waals surface area contributed by atoms with Crippen LogP contribution in [0.25, 0.3) is 0 Å². The second-order valence-electron chi connectivity index (χ2n) is 7.64. The molecule has 5 nitrogen and oxygen atoms in total. The van der Waals surface area contributed by atoms with Crippen LogP contribution in [0.4, 0.5) is 4.39 Å². The summed E-state index contributed by atoms with van der Waals surface area (Å²) in [5.74, 6) is 1.18. The largest absolute Gasteiger partial charge is 0.494 e. The molecule has 4 rings (SSSR count). The van der Waals surface area contributed by atoms with Crippen molar-refractivity contribution in [2.45, 2.75) is 57.5 Å². The lowest BCUT2D eigenvalue weighted by Gasteiger charge is -2.29. The molecule has 0 spiro atoms. The highest BCUT2D eigenvalue weighted by Crippen LogP contribution is 2.31. The molecule has 1 aliphatic heterocycles. The Morgan fingerprint density at radius 2 is 2.11 bits per heavy atom. The van der Waals surface area contributed by atoms with Crippen LogP contribution in [0.2, 0.25) is 0 Å². The van der Waals surface area contributed by atoms with E-state index in [1.54, 1.807) is 12.1 Å². The van der Waals surface area contributed by atoms with Crippen molar-refractivity contribution < 1.29 is 9.13 Å². The molecule has 27 heavy (non-hydrogen) atoms. The van der Waals surface area contributed by atoms with Crippen LogP contribution in [0.5, 0.6) is 5.75 Å². The van der Waals surface area contributed by atoms with Gasteiger partial charge in [0.15, 0.2) is 11.6 Å². The third-order valence-corrected chi connectivity index (χ3v) is 5.78. The molecule has 0 amide bonds. The molecule has 1 N–H and O–H groups in total. The Bertz CT molecular complexity index is 874. The van der Waals surface area contributed by atoms with E-state index in [9.17, 15) is 9.18 Å². The van der Waals surface area contributed by atoms with Crippen molar-refractivity contribution in [3.05, 3.63) is 57.0 Å². The smallest absolute Gasteiger partial charge is 0.255 e. The highest BCUT2D eigenvalue weighted by molar-refractivity contribution is 5.30. The quantitative estimate of drug-likeness (QED) is 0.893. The number of ether oxygens (including phenoxy) is 1. The van der Waals surface area contributed by atoms with Crippen molar-refractivity contribution in [1.29, 1.82) is 0 Å². The zero-order chi connectivity index (χ0) is 18.8. The van der Waals surface area contributed by atoms with Crippen LogP contribution in [0, 0.1) is 5.82 Å². The number of nitrogens with one attached hydrogen (secondary N) is 1. The number of halogens is 1. The van der Waals surface area contributed by atoms with Gasteiger partial charge in [-0.05, 0) is 30.5 Å². The average Bonchev–Trinajstić information content (AvgIpc) is 2.70. The molecule has 1 fully saturated rings. The van der Waals surface area contributed by atoms with Crippen molar-refractivity contribution in [2.24, 2.45) is 0 Å². The molecule has 0 bridgehead atoms. The summed E-state index contributed by atoms with van der Waals surface area (Å²) in [5, 5.41) is 0. The van der Waals surface area contributed by atoms with Gasteiger partial charge >= 0.3 is 0 Å². The van der Waals surface area contributed by atoms with Gasteiger partial charge in [0.1, 0.15) is 5.82 Å². The Hall–Kier alpha value is -2.21. The summed E-state index contributed by atoms with van der Waals surface area (Å²) < 4.78 is 18.7. The van der Waals surface area contributed by atoms with E-state index in [-0.39, 0.29) is 17.1 Å². The molecule has 1 aromatic heterocycles. The molecule has 6 heteroatoms. The number of methoxy groups -OCH3 is 1. The number of nitrogens with zero attached hydrogens (tertiary/aromatic N) is 2. The Labute approximate surface area is 158 Å². The summed E-state index contributed by atoms with van der Waals surface area (Å²) in [5.41, 5.74) is 2.70. The fourth-order valence-corrected chi connectivity index (χ4v) is 4.27. The van der Waals surface area contributed by atoms with E-state index >= 15 is 0 Å². The number of H-pyrrole nitrogens is 1. The van der Waals surface area contributed by atoms with E-state index in [0.717, 1.165) is 48.5 Å². The molecule has 1 aliphatic carbocycles. The number of hydrogen-bond acceptors (Lipinski definition) is 4. The van der Waals surface area contributed by atoms with Gasteiger partial charge in [0.2, 0.25) is 0 Å². The summed E-state index contributed by atoms with van der Waals surface area (Å²) in [6.07, 6.45) is 6.76. The van der Waals surface area contributed by atoms with Gasteiger partial charge in [-0.3, -0.25) is 9.69 Å². The number of aromatic nitrogens is 2. The summed E-state index contributed by atoms with van der Waals surface area (Å²) in [7, 11) is 1.47. The maximum Gasteiger partial charge on any atom is 0.255 e. The fourth-order valence-electron chi connectivity index (χ4n) is 4.27. The first-order valence-electron chi connectivity index (χ1n) is 9.81. The first-order valence-corrected chi connectivity index (χ1v) is 9.81. The number of benzene rings is 1. The zero-order valence-corrected chi connectivity index (χ0v) is 15.8. The third kappa shape index (κ3) is 3.90. The van der Waals surface area contributed by atoms with Crippen molar-refractivity contribution in [1.82, 2.24) is 14.9 Å². The molecule has 0 radical (unpaired) electrons. The second kappa shape index (κ2) is 7.80. The minimum absolute atomic E-state index is 0.00181. The molecular formula is C21H26FN3O2. The lowest BCUT2D eigenvalue weighted by molar-refractivity contribution is 0.240. The summed E-state index contributed by atoms with van der Waals surface area (Å²) >= 11 is 0. The van der Waals surface area contributed by atoms with Crippen LogP contribution < -0.4 is 10.3 Å². The van der Waals surface area contributed by atoms with Crippen molar-refractivity contribution in [2.75, 3.05) is 13.7 Å². The molecule has 144 valence electrons. The van der Waals surface area contributed by atoms with Gasteiger partial charge < -0.3 is 9.72 Å². The molecule has 2 aliphatic rings. The zero-order valence-electron chi connectivity index (χ0n) is 15.8. The highest BCUT2D eigenvalue weighted by atomic mass is 19.1. The van der Waals surface area contributed by atoms with Crippen LogP contribution >= 0.6 is 0 Å². The predicted octanol–water partition coefficient (Wildman–Crippen LogP) is 3.52. The molecular weight excluding hydrogens is 345 g/mol. The molecule has 2 aromatic rings. The van der Waals surface area contributed by atoms with E-state index in [2.05, 4.69) is 9.88 Å². The van der Waals surface area contributed by atoms with Crippen LogP contribution in [-0.2, 0) is 19.5 Å². The lowest BCUT2D eigenvalue weighted by Crippen LogP contribution is -2.36. The average molecular weight is 371 g/mol. The summed E-state index contributed by atoms with van der Waals surface area (Å²) in [6, 6.07) is 4.92. The van der Waals surface area contributed by atoms with Crippen LogP contribution in [0.3, 0.4) is 0 Å². The Morgan fingerprint density at radius 3 is 2.89 bits per heavy atom. The van der Waals surface area contributed by atoms with Gasteiger partial charge in [-0.15, -0.1) is 0 Å². The van der Waals surface area contributed by atoms with Crippen molar-refractivity contribution >= 4 is 0 Å². The number of hydrogen-bond donors (Lipinski definition) is 1. The van der Waals surface area contributed by atoms with Gasteiger partial charge in [-0.2, -0.15) is 0 Å². The number of fused-ring (bicyclic) bond motifs is 1. The van der Waals surface area contributed by atoms with E-state index in [1.807, 2.05) is 0 Å². The van der Waals surface area contributed by atoms with Gasteiger partial charge in [-0.1, -0.05) is 25.3 Å². The summed E-state index contributed by atoms with van der Waals surface area (Å²) in [4.78, 5) is 22.8. The fraction of sp³-hybridized carbons (Fsp3) is 0.524. The maximum atomic E-state index is 13.6. The Balaban J connectivity index is 1.50. The van der Waals surface area contributed by atoms with E-state index in [4.69, 9.17) is 9.72 Å². The van der Waals surface area contributed by atoms with Gasteiger partial charge in [-0.25, -0.2) is 9.37 Å². The van der Waals surface area contributed by atoms with Crippen LogP contribution in [-0.4, -0.2) is 28.5 Å². The molecule has 0 atom stereocenters. The van der Waals surface area contributed by atoms with Crippen LogP contribution in [0.15, 0.2) is 23.0 Å². The van der Waals surface area contributed by atoms with Crippen LogP contribution in [0.1, 0.15) is 60.7 Å². The van der Waals surface area contributed by atoms with Gasteiger partial charge in [0.05, 0.1) is 18.4 Å². The monoisotopic (exact) mass is 371 g/mol. The number of aromatic amines is 1. The molecule has 0 unspecified atom stereocenters. The number of rotatable bonds is 4. The predicted molar refractivity (Wildman–Crippen MR) is 101 cm³/mol. The minimum atomic E-state index is -0.360. The minimum Gasteiger partial charge on any atom is -0.494 e. The second-order valence-corrected chi connectivity index (χ2v) is 7.64. The maximum absolute atomic E-state index is 13.6. The van der Waals surface area contributed by atoms with Gasteiger partial charge in [0, 0.05) is 32.0 Å². The SMILES string of the molecule is COc1cc(CN2CCc3nc(C4CCCCC4)[nH]c(=O)c3C2)ccc1F. The van der Waals surface area contributed by atoms with Crippen molar-refractivity contribution in [3.8, 4) is 5.75 Å². The topological polar surface area (TPSA) is 58.2 Å². The molecule has 0 saturated heterocycles. The summed E-state index contributed by atoms with van der Waals surface area (Å²) in [6.45, 7) is 2.06. The Morgan fingerprint density at radius 1 is 1.30 bits per heavy atom. The normalized spacial score (nSPS) is 18.3. The third-order valence-electron chi connectivity index (χ3n) is 5.78.